The van der Waals surface area contributed by atoms with Gasteiger partial charge in [0.2, 0.25) is 0 Å². The largest absolute Gasteiger partial charge is 0.478 e. The van der Waals surface area contributed by atoms with E-state index in [1.165, 1.54) is 17.0 Å². The molecule has 0 radical (unpaired) electrons. The van der Waals surface area contributed by atoms with Crippen LogP contribution in [0.2, 0.25) is 0 Å². The third-order valence-electron chi connectivity index (χ3n) is 2.80. The molecule has 0 aliphatic carbocycles. The summed E-state index contributed by atoms with van der Waals surface area (Å²) in [6.07, 6.45) is 1.87. The quantitative estimate of drug-likeness (QED) is 0.663. The lowest BCUT2D eigenvalue weighted by atomic mass is 10.2. The number of nitrogens with one attached hydrogen (secondary N) is 1. The van der Waals surface area contributed by atoms with E-state index in [1.54, 1.807) is 12.1 Å². The number of carboxylic acids is 1. The highest BCUT2D eigenvalue weighted by molar-refractivity contribution is 5.93. The topological polar surface area (TPSA) is 89.9 Å². The standard InChI is InChI=1S/C14H20N2O4/c1-2-3-8-15-14(20)16(9-10-17)12-6-4-11(5-7-12)13(18)19/h4-7,17H,2-3,8-10H2,1H3,(H,15,20)(H,18,19). The van der Waals surface area contributed by atoms with Crippen molar-refractivity contribution in [3.05, 3.63) is 29.8 Å². The summed E-state index contributed by atoms with van der Waals surface area (Å²) < 4.78 is 0. The Morgan fingerprint density at radius 2 is 1.90 bits per heavy atom. The van der Waals surface area contributed by atoms with E-state index in [1.807, 2.05) is 6.92 Å². The first-order valence-electron chi connectivity index (χ1n) is 6.59. The number of hydrogen-bond acceptors (Lipinski definition) is 3. The van der Waals surface area contributed by atoms with Gasteiger partial charge in [0.1, 0.15) is 0 Å². The minimum atomic E-state index is -1.02. The van der Waals surface area contributed by atoms with E-state index in [9.17, 15) is 9.59 Å². The van der Waals surface area contributed by atoms with Gasteiger partial charge < -0.3 is 15.5 Å². The molecule has 1 aromatic rings. The molecule has 1 rings (SSSR count). The minimum Gasteiger partial charge on any atom is -0.478 e. The van der Waals surface area contributed by atoms with Gasteiger partial charge in [-0.25, -0.2) is 9.59 Å². The lowest BCUT2D eigenvalue weighted by Crippen LogP contribution is -2.42. The Bertz CT molecular complexity index is 445. The molecule has 0 bridgehead atoms. The van der Waals surface area contributed by atoms with E-state index >= 15 is 0 Å². The summed E-state index contributed by atoms with van der Waals surface area (Å²) in [6.45, 7) is 2.60. The van der Waals surface area contributed by atoms with Crippen LogP contribution in [-0.4, -0.2) is 41.9 Å². The predicted molar refractivity (Wildman–Crippen MR) is 76.1 cm³/mol. The molecule has 0 aromatic heterocycles. The van der Waals surface area contributed by atoms with Gasteiger partial charge in [0, 0.05) is 12.2 Å². The third kappa shape index (κ3) is 4.55. The molecule has 0 saturated heterocycles. The van der Waals surface area contributed by atoms with E-state index in [0.717, 1.165) is 12.8 Å². The van der Waals surface area contributed by atoms with Gasteiger partial charge in [-0.2, -0.15) is 0 Å². The summed E-state index contributed by atoms with van der Waals surface area (Å²) in [7, 11) is 0. The summed E-state index contributed by atoms with van der Waals surface area (Å²) in [4.78, 5) is 24.2. The van der Waals surface area contributed by atoms with E-state index < -0.39 is 5.97 Å². The second kappa shape index (κ2) is 8.16. The molecule has 0 unspecified atom stereocenters. The van der Waals surface area contributed by atoms with E-state index in [4.69, 9.17) is 10.2 Å². The normalized spacial score (nSPS) is 10.1. The summed E-state index contributed by atoms with van der Waals surface area (Å²) in [5.41, 5.74) is 0.710. The van der Waals surface area contributed by atoms with Crippen molar-refractivity contribution in [1.29, 1.82) is 0 Å². The second-order valence-corrected chi connectivity index (χ2v) is 4.31. The van der Waals surface area contributed by atoms with Crippen LogP contribution in [0.25, 0.3) is 0 Å². The lowest BCUT2D eigenvalue weighted by molar-refractivity contribution is 0.0697. The monoisotopic (exact) mass is 280 g/mol. The Kier molecular flexibility index (Phi) is 6.52. The molecule has 1 aromatic carbocycles. The summed E-state index contributed by atoms with van der Waals surface area (Å²) in [6, 6.07) is 5.68. The third-order valence-corrected chi connectivity index (χ3v) is 2.80. The minimum absolute atomic E-state index is 0.157. The average molecular weight is 280 g/mol. The molecule has 0 atom stereocenters. The van der Waals surface area contributed by atoms with Crippen LogP contribution in [0.1, 0.15) is 30.1 Å². The van der Waals surface area contributed by atoms with Crippen LogP contribution in [0.4, 0.5) is 10.5 Å². The van der Waals surface area contributed by atoms with Crippen LogP contribution in [0.5, 0.6) is 0 Å². The number of rotatable bonds is 7. The van der Waals surface area contributed by atoms with Crippen molar-refractivity contribution in [2.75, 3.05) is 24.6 Å². The summed E-state index contributed by atoms with van der Waals surface area (Å²) in [5, 5.41) is 20.6. The number of carbonyl (C=O) groups is 2. The van der Waals surface area contributed by atoms with Crippen LogP contribution < -0.4 is 10.2 Å². The number of benzene rings is 1. The number of amides is 2. The Balaban J connectivity index is 2.78. The molecule has 110 valence electrons. The number of aromatic carboxylic acids is 1. The van der Waals surface area contributed by atoms with E-state index in [2.05, 4.69) is 5.32 Å². The Morgan fingerprint density at radius 3 is 2.40 bits per heavy atom. The molecular weight excluding hydrogens is 260 g/mol. The Labute approximate surface area is 118 Å². The van der Waals surface area contributed by atoms with Crippen molar-refractivity contribution < 1.29 is 19.8 Å². The highest BCUT2D eigenvalue weighted by atomic mass is 16.4. The lowest BCUT2D eigenvalue weighted by Gasteiger charge is -2.22. The van der Waals surface area contributed by atoms with Crippen LogP contribution >= 0.6 is 0 Å². The number of aliphatic hydroxyl groups is 1. The molecule has 20 heavy (non-hydrogen) atoms. The maximum Gasteiger partial charge on any atom is 0.335 e. The SMILES string of the molecule is CCCCNC(=O)N(CCO)c1ccc(C(=O)O)cc1. The first-order valence-corrected chi connectivity index (χ1v) is 6.59. The number of carbonyl (C=O) groups excluding carboxylic acids is 1. The van der Waals surface area contributed by atoms with Crippen molar-refractivity contribution in [2.24, 2.45) is 0 Å². The molecule has 6 nitrogen and oxygen atoms in total. The van der Waals surface area contributed by atoms with Crippen molar-refractivity contribution >= 4 is 17.7 Å². The maximum atomic E-state index is 12.0. The number of anilines is 1. The highest BCUT2D eigenvalue weighted by Crippen LogP contribution is 2.15. The van der Waals surface area contributed by atoms with Crippen LogP contribution in [0.3, 0.4) is 0 Å². The first kappa shape index (κ1) is 16.0. The van der Waals surface area contributed by atoms with Crippen LogP contribution in [-0.2, 0) is 0 Å². The van der Waals surface area contributed by atoms with Gasteiger partial charge >= 0.3 is 12.0 Å². The van der Waals surface area contributed by atoms with Crippen molar-refractivity contribution in [2.45, 2.75) is 19.8 Å². The van der Waals surface area contributed by atoms with Crippen molar-refractivity contribution in [1.82, 2.24) is 5.32 Å². The number of aliphatic hydroxyl groups excluding tert-OH is 1. The summed E-state index contributed by atoms with van der Waals surface area (Å²) >= 11 is 0. The molecule has 0 aliphatic heterocycles. The zero-order valence-electron chi connectivity index (χ0n) is 11.5. The number of carboxylic acid groups (broad SMARTS) is 1. The number of urea groups is 1. The number of unbranched alkanes of at least 4 members (excludes halogenated alkanes) is 1. The number of nitrogens with zero attached hydrogens (tertiary/aromatic N) is 1. The summed E-state index contributed by atoms with van der Waals surface area (Å²) in [5.74, 6) is -1.02. The van der Waals surface area contributed by atoms with Crippen LogP contribution in [0, 0.1) is 0 Å². The fraction of sp³-hybridized carbons (Fsp3) is 0.429. The smallest absolute Gasteiger partial charge is 0.335 e. The van der Waals surface area contributed by atoms with Gasteiger partial charge in [0.25, 0.3) is 0 Å². The number of hydrogen-bond donors (Lipinski definition) is 3. The molecular formula is C14H20N2O4. The molecule has 0 aliphatic rings. The van der Waals surface area contributed by atoms with E-state index in [-0.39, 0.29) is 24.7 Å². The van der Waals surface area contributed by atoms with Crippen LogP contribution in [0.15, 0.2) is 24.3 Å². The van der Waals surface area contributed by atoms with Gasteiger partial charge in [0.15, 0.2) is 0 Å². The fourth-order valence-electron chi connectivity index (χ4n) is 1.70. The molecule has 0 heterocycles. The first-order chi connectivity index (χ1) is 9.60. The predicted octanol–water partition coefficient (Wildman–Crippen LogP) is 1.69. The van der Waals surface area contributed by atoms with Crippen molar-refractivity contribution in [3.8, 4) is 0 Å². The molecule has 6 heteroatoms. The molecule has 0 fully saturated rings. The molecule has 2 amide bonds. The molecule has 0 saturated carbocycles. The van der Waals surface area contributed by atoms with E-state index in [0.29, 0.717) is 12.2 Å². The average Bonchev–Trinajstić information content (AvgIpc) is 2.45. The van der Waals surface area contributed by atoms with Gasteiger partial charge in [-0.3, -0.25) is 4.90 Å². The van der Waals surface area contributed by atoms with Gasteiger partial charge in [-0.05, 0) is 30.7 Å². The zero-order valence-corrected chi connectivity index (χ0v) is 11.5. The second-order valence-electron chi connectivity index (χ2n) is 4.31. The molecule has 3 N–H and O–H groups in total. The van der Waals surface area contributed by atoms with Crippen molar-refractivity contribution in [3.63, 3.8) is 0 Å². The zero-order chi connectivity index (χ0) is 15.0. The van der Waals surface area contributed by atoms with Gasteiger partial charge in [-0.15, -0.1) is 0 Å². The highest BCUT2D eigenvalue weighted by Gasteiger charge is 2.15. The Hall–Kier alpha value is -2.08. The maximum absolute atomic E-state index is 12.0. The fourth-order valence-corrected chi connectivity index (χ4v) is 1.70. The Morgan fingerprint density at radius 1 is 1.25 bits per heavy atom. The molecule has 0 spiro atoms. The van der Waals surface area contributed by atoms with Gasteiger partial charge in [-0.1, -0.05) is 13.3 Å². The van der Waals surface area contributed by atoms with Gasteiger partial charge in [0.05, 0.1) is 18.7 Å².